The molecule has 1 heterocycles. The molecule has 0 spiro atoms. The lowest BCUT2D eigenvalue weighted by Crippen LogP contribution is -2.22. The van der Waals surface area contributed by atoms with Crippen molar-refractivity contribution in [2.75, 3.05) is 6.54 Å². The number of hydrogen-bond acceptors (Lipinski definition) is 2. The van der Waals surface area contributed by atoms with Crippen LogP contribution < -0.4 is 5.73 Å². The first-order valence-electron chi connectivity index (χ1n) is 4.19. The predicted molar refractivity (Wildman–Crippen MR) is 45.7 cm³/mol. The summed E-state index contributed by atoms with van der Waals surface area (Å²) in [5.41, 5.74) is 5.78. The first kappa shape index (κ1) is 10.1. The Hall–Kier alpha value is -0.970. The number of rotatable bonds is 4. The number of aryl methyl sites for hydroxylation is 1. The Morgan fingerprint density at radius 2 is 2.31 bits per heavy atom. The van der Waals surface area contributed by atoms with Crippen molar-refractivity contribution in [2.24, 2.45) is 5.73 Å². The van der Waals surface area contributed by atoms with Crippen molar-refractivity contribution >= 4 is 0 Å². The SMILES string of the molecule is CCn1cncc1C(CN)C(F)F. The van der Waals surface area contributed by atoms with Crippen molar-refractivity contribution in [1.82, 2.24) is 9.55 Å². The summed E-state index contributed by atoms with van der Waals surface area (Å²) in [5.74, 6) is -0.901. The van der Waals surface area contributed by atoms with Gasteiger partial charge in [0.25, 0.3) is 0 Å². The molecule has 5 heteroatoms. The maximum Gasteiger partial charge on any atom is 0.248 e. The molecule has 0 radical (unpaired) electrons. The lowest BCUT2D eigenvalue weighted by atomic mass is 10.1. The summed E-state index contributed by atoms with van der Waals surface area (Å²) < 4.78 is 26.6. The normalized spacial score (nSPS) is 13.6. The van der Waals surface area contributed by atoms with Crippen LogP contribution in [0.4, 0.5) is 8.78 Å². The Morgan fingerprint density at radius 1 is 1.62 bits per heavy atom. The third-order valence-corrected chi connectivity index (χ3v) is 2.02. The summed E-state index contributed by atoms with van der Waals surface area (Å²) in [4.78, 5) is 3.82. The molecule has 0 fully saturated rings. The average Bonchev–Trinajstić information content (AvgIpc) is 2.53. The van der Waals surface area contributed by atoms with Crippen LogP contribution >= 0.6 is 0 Å². The average molecular weight is 189 g/mol. The zero-order valence-electron chi connectivity index (χ0n) is 7.45. The molecule has 1 rings (SSSR count). The van der Waals surface area contributed by atoms with Gasteiger partial charge in [0.1, 0.15) is 0 Å². The Labute approximate surface area is 75.6 Å². The molecule has 13 heavy (non-hydrogen) atoms. The molecule has 0 aromatic carbocycles. The molecule has 0 aliphatic carbocycles. The van der Waals surface area contributed by atoms with E-state index in [9.17, 15) is 8.78 Å². The van der Waals surface area contributed by atoms with E-state index < -0.39 is 12.3 Å². The fourth-order valence-corrected chi connectivity index (χ4v) is 1.26. The van der Waals surface area contributed by atoms with Gasteiger partial charge in [-0.05, 0) is 6.92 Å². The lowest BCUT2D eigenvalue weighted by molar-refractivity contribution is 0.114. The number of halogens is 2. The van der Waals surface area contributed by atoms with Crippen LogP contribution in [0.25, 0.3) is 0 Å². The van der Waals surface area contributed by atoms with Crippen LogP contribution in [0.5, 0.6) is 0 Å². The van der Waals surface area contributed by atoms with Gasteiger partial charge < -0.3 is 10.3 Å². The molecule has 2 N–H and O–H groups in total. The molecule has 1 unspecified atom stereocenters. The number of imidazole rings is 1. The molecule has 3 nitrogen and oxygen atoms in total. The third kappa shape index (κ3) is 2.03. The molecule has 0 aliphatic rings. The van der Waals surface area contributed by atoms with E-state index in [1.807, 2.05) is 6.92 Å². The van der Waals surface area contributed by atoms with Gasteiger partial charge in [-0.2, -0.15) is 0 Å². The second-order valence-electron chi connectivity index (χ2n) is 2.78. The molecule has 1 atom stereocenters. The number of nitrogens with two attached hydrogens (primary N) is 1. The van der Waals surface area contributed by atoms with Crippen molar-refractivity contribution in [3.05, 3.63) is 18.2 Å². The van der Waals surface area contributed by atoms with E-state index in [4.69, 9.17) is 5.73 Å². The quantitative estimate of drug-likeness (QED) is 0.773. The largest absolute Gasteiger partial charge is 0.334 e. The summed E-state index contributed by atoms with van der Waals surface area (Å²) in [6, 6.07) is 0. The van der Waals surface area contributed by atoms with Crippen molar-refractivity contribution in [2.45, 2.75) is 25.8 Å². The van der Waals surface area contributed by atoms with Gasteiger partial charge in [0, 0.05) is 25.0 Å². The van der Waals surface area contributed by atoms with E-state index in [1.165, 1.54) is 6.20 Å². The van der Waals surface area contributed by atoms with E-state index in [1.54, 1.807) is 10.9 Å². The fraction of sp³-hybridized carbons (Fsp3) is 0.625. The molecule has 0 saturated heterocycles. The van der Waals surface area contributed by atoms with E-state index in [0.29, 0.717) is 12.2 Å². The third-order valence-electron chi connectivity index (χ3n) is 2.02. The summed E-state index contributed by atoms with van der Waals surface area (Å²) in [6.45, 7) is 2.46. The molecule has 0 amide bonds. The minimum atomic E-state index is -2.42. The molecule has 1 aromatic rings. The molecule has 1 aromatic heterocycles. The number of nitrogens with zero attached hydrogens (tertiary/aromatic N) is 2. The Morgan fingerprint density at radius 3 is 2.77 bits per heavy atom. The van der Waals surface area contributed by atoms with Crippen LogP contribution in [0.3, 0.4) is 0 Å². The van der Waals surface area contributed by atoms with Gasteiger partial charge in [-0.15, -0.1) is 0 Å². The topological polar surface area (TPSA) is 43.8 Å². The lowest BCUT2D eigenvalue weighted by Gasteiger charge is -2.14. The Kier molecular flexibility index (Phi) is 3.36. The van der Waals surface area contributed by atoms with Gasteiger partial charge in [0.05, 0.1) is 12.2 Å². The summed E-state index contributed by atoms with van der Waals surface area (Å²) in [6.07, 6.45) is 0.570. The summed E-state index contributed by atoms with van der Waals surface area (Å²) in [7, 11) is 0. The van der Waals surface area contributed by atoms with Crippen molar-refractivity contribution in [3.63, 3.8) is 0 Å². The van der Waals surface area contributed by atoms with Crippen LogP contribution in [0.2, 0.25) is 0 Å². The Balaban J connectivity index is 2.90. The number of aromatic nitrogens is 2. The van der Waals surface area contributed by atoms with Crippen LogP contribution in [-0.4, -0.2) is 22.5 Å². The summed E-state index contributed by atoms with van der Waals surface area (Å²) >= 11 is 0. The first-order valence-corrected chi connectivity index (χ1v) is 4.19. The van der Waals surface area contributed by atoms with Crippen LogP contribution in [0, 0.1) is 0 Å². The fourth-order valence-electron chi connectivity index (χ4n) is 1.26. The summed E-state index contributed by atoms with van der Waals surface area (Å²) in [5, 5.41) is 0. The van der Waals surface area contributed by atoms with E-state index in [0.717, 1.165) is 0 Å². The van der Waals surface area contributed by atoms with Gasteiger partial charge in [-0.3, -0.25) is 0 Å². The smallest absolute Gasteiger partial charge is 0.248 e. The van der Waals surface area contributed by atoms with Gasteiger partial charge in [0.2, 0.25) is 6.43 Å². The zero-order chi connectivity index (χ0) is 9.84. The standard InChI is InChI=1S/C8H13F2N3/c1-2-13-5-12-4-7(13)6(3-11)8(9)10/h4-6,8H,2-3,11H2,1H3. The van der Waals surface area contributed by atoms with E-state index >= 15 is 0 Å². The highest BCUT2D eigenvalue weighted by atomic mass is 19.3. The van der Waals surface area contributed by atoms with E-state index in [-0.39, 0.29) is 6.54 Å². The highest BCUT2D eigenvalue weighted by Crippen LogP contribution is 2.21. The van der Waals surface area contributed by atoms with Gasteiger partial charge >= 0.3 is 0 Å². The second kappa shape index (κ2) is 4.32. The molecule has 0 aliphatic heterocycles. The first-order chi connectivity index (χ1) is 6.20. The second-order valence-corrected chi connectivity index (χ2v) is 2.78. The predicted octanol–water partition coefficient (Wildman–Crippen LogP) is 1.21. The minimum absolute atomic E-state index is 0.0522. The Bertz CT molecular complexity index is 260. The monoisotopic (exact) mass is 189 g/mol. The maximum atomic E-state index is 12.5. The molecule has 74 valence electrons. The molecular weight excluding hydrogens is 176 g/mol. The highest BCUT2D eigenvalue weighted by molar-refractivity contribution is 5.08. The van der Waals surface area contributed by atoms with Crippen molar-refractivity contribution in [1.29, 1.82) is 0 Å². The van der Waals surface area contributed by atoms with Crippen LogP contribution in [0.15, 0.2) is 12.5 Å². The van der Waals surface area contributed by atoms with Gasteiger partial charge in [-0.1, -0.05) is 0 Å². The number of hydrogen-bond donors (Lipinski definition) is 1. The van der Waals surface area contributed by atoms with Crippen LogP contribution in [0.1, 0.15) is 18.5 Å². The maximum absolute atomic E-state index is 12.5. The van der Waals surface area contributed by atoms with Crippen molar-refractivity contribution < 1.29 is 8.78 Å². The molecular formula is C8H13F2N3. The number of alkyl halides is 2. The van der Waals surface area contributed by atoms with E-state index in [2.05, 4.69) is 4.98 Å². The molecule has 0 bridgehead atoms. The molecule has 0 saturated carbocycles. The zero-order valence-corrected chi connectivity index (χ0v) is 7.45. The van der Waals surface area contributed by atoms with Crippen LogP contribution in [-0.2, 0) is 6.54 Å². The van der Waals surface area contributed by atoms with Crippen molar-refractivity contribution in [3.8, 4) is 0 Å². The van der Waals surface area contributed by atoms with Gasteiger partial charge in [0.15, 0.2) is 0 Å². The highest BCUT2D eigenvalue weighted by Gasteiger charge is 2.23. The van der Waals surface area contributed by atoms with Gasteiger partial charge in [-0.25, -0.2) is 13.8 Å². The minimum Gasteiger partial charge on any atom is -0.334 e.